The zero-order valence-corrected chi connectivity index (χ0v) is 7.16. The molecule has 2 aromatic rings. The van der Waals surface area contributed by atoms with Gasteiger partial charge in [0.15, 0.2) is 0 Å². The van der Waals surface area contributed by atoms with Gasteiger partial charge in [-0.25, -0.2) is 0 Å². The van der Waals surface area contributed by atoms with Crippen LogP contribution in [0.4, 0.5) is 0 Å². The molecule has 1 aliphatic rings. The summed E-state index contributed by atoms with van der Waals surface area (Å²) in [5.74, 6) is 1.04. The number of fused-ring (bicyclic) bond motifs is 3. The number of pyridine rings is 1. The highest BCUT2D eigenvalue weighted by atomic mass is 16.5. The average Bonchev–Trinajstić information content (AvgIpc) is 2.65. The molecule has 1 aliphatic heterocycles. The van der Waals surface area contributed by atoms with Crippen molar-refractivity contribution in [2.24, 2.45) is 0 Å². The van der Waals surface area contributed by atoms with E-state index in [0.717, 1.165) is 18.8 Å². The quantitative estimate of drug-likeness (QED) is 0.606. The second kappa shape index (κ2) is 2.46. The summed E-state index contributed by atoms with van der Waals surface area (Å²) in [6, 6.07) is 6.15. The van der Waals surface area contributed by atoms with Crippen molar-refractivity contribution in [1.29, 1.82) is 0 Å². The first kappa shape index (κ1) is 6.89. The zero-order valence-electron chi connectivity index (χ0n) is 7.16. The molecule has 0 aliphatic carbocycles. The van der Waals surface area contributed by atoms with E-state index in [2.05, 4.69) is 17.1 Å². The van der Waals surface area contributed by atoms with Gasteiger partial charge in [0.05, 0.1) is 6.61 Å². The number of rotatable bonds is 0. The minimum Gasteiger partial charge on any atom is -0.493 e. The fraction of sp³-hybridized carbons (Fsp3) is 0.182. The van der Waals surface area contributed by atoms with Gasteiger partial charge >= 0.3 is 0 Å². The largest absolute Gasteiger partial charge is 0.493 e. The minimum atomic E-state index is 0.816. The highest BCUT2D eigenvalue weighted by Gasteiger charge is 2.14. The van der Waals surface area contributed by atoms with Gasteiger partial charge in [-0.1, -0.05) is 0 Å². The second-order valence-corrected chi connectivity index (χ2v) is 3.24. The van der Waals surface area contributed by atoms with Crippen LogP contribution in [0.3, 0.4) is 0 Å². The smallest absolute Gasteiger partial charge is 0.123 e. The lowest BCUT2D eigenvalue weighted by molar-refractivity contribution is 0.357. The van der Waals surface area contributed by atoms with Crippen molar-refractivity contribution in [2.45, 2.75) is 6.42 Å². The van der Waals surface area contributed by atoms with Crippen LogP contribution in [0.2, 0.25) is 0 Å². The van der Waals surface area contributed by atoms with Crippen LogP contribution in [-0.4, -0.2) is 11.6 Å². The molecule has 1 aromatic heterocycles. The van der Waals surface area contributed by atoms with Gasteiger partial charge in [-0.05, 0) is 23.6 Å². The highest BCUT2D eigenvalue weighted by molar-refractivity contribution is 5.87. The van der Waals surface area contributed by atoms with E-state index < -0.39 is 0 Å². The molecule has 0 bridgehead atoms. The molecule has 2 heteroatoms. The Morgan fingerprint density at radius 2 is 2.23 bits per heavy atom. The van der Waals surface area contributed by atoms with Crippen LogP contribution in [0.5, 0.6) is 5.75 Å². The molecule has 0 unspecified atom stereocenters. The molecule has 0 saturated heterocycles. The number of hydrogen-bond donors (Lipinski definition) is 0. The summed E-state index contributed by atoms with van der Waals surface area (Å²) >= 11 is 0. The predicted molar refractivity (Wildman–Crippen MR) is 50.9 cm³/mol. The summed E-state index contributed by atoms with van der Waals surface area (Å²) in [4.78, 5) is 4.10. The predicted octanol–water partition coefficient (Wildman–Crippen LogP) is 2.17. The monoisotopic (exact) mass is 171 g/mol. The van der Waals surface area contributed by atoms with E-state index in [1.54, 1.807) is 0 Å². The molecule has 13 heavy (non-hydrogen) atoms. The number of benzene rings is 1. The van der Waals surface area contributed by atoms with Crippen molar-refractivity contribution in [2.75, 3.05) is 6.61 Å². The standard InChI is InChI=1S/C11H9NO/c1-2-11-10(4-6-13-11)9-3-5-12-7-8(1)9/h1-3,5,7H,4,6H2. The van der Waals surface area contributed by atoms with E-state index in [-0.39, 0.29) is 0 Å². The minimum absolute atomic E-state index is 0.816. The van der Waals surface area contributed by atoms with E-state index in [4.69, 9.17) is 4.74 Å². The van der Waals surface area contributed by atoms with E-state index >= 15 is 0 Å². The van der Waals surface area contributed by atoms with Crippen LogP contribution in [0.1, 0.15) is 5.56 Å². The Balaban J connectivity index is 2.43. The first-order valence-electron chi connectivity index (χ1n) is 4.43. The molecule has 0 fully saturated rings. The Kier molecular flexibility index (Phi) is 1.30. The van der Waals surface area contributed by atoms with Gasteiger partial charge in [-0.3, -0.25) is 4.98 Å². The lowest BCUT2D eigenvalue weighted by atomic mass is 10.0. The molecule has 0 amide bonds. The molecule has 1 aromatic carbocycles. The maximum atomic E-state index is 5.49. The molecule has 3 rings (SSSR count). The first-order valence-corrected chi connectivity index (χ1v) is 4.43. The van der Waals surface area contributed by atoms with Crippen molar-refractivity contribution in [3.63, 3.8) is 0 Å². The van der Waals surface area contributed by atoms with E-state index in [1.807, 2.05) is 18.5 Å². The Morgan fingerprint density at radius 3 is 3.23 bits per heavy atom. The van der Waals surface area contributed by atoms with Crippen LogP contribution in [0, 0.1) is 0 Å². The van der Waals surface area contributed by atoms with Gasteiger partial charge in [-0.15, -0.1) is 0 Å². The van der Waals surface area contributed by atoms with Crippen LogP contribution in [0.25, 0.3) is 10.8 Å². The summed E-state index contributed by atoms with van der Waals surface area (Å²) in [5, 5.41) is 2.48. The lowest BCUT2D eigenvalue weighted by Crippen LogP contribution is -1.85. The second-order valence-electron chi connectivity index (χ2n) is 3.24. The van der Waals surface area contributed by atoms with Crippen LogP contribution in [-0.2, 0) is 6.42 Å². The SMILES string of the molecule is c1cc2c3c(ccc2cn1)OCC3. The highest BCUT2D eigenvalue weighted by Crippen LogP contribution is 2.31. The van der Waals surface area contributed by atoms with Crippen LogP contribution < -0.4 is 4.74 Å². The normalized spacial score (nSPS) is 14.2. The lowest BCUT2D eigenvalue weighted by Gasteiger charge is -2.02. The van der Waals surface area contributed by atoms with Gasteiger partial charge in [0.1, 0.15) is 5.75 Å². The van der Waals surface area contributed by atoms with Gasteiger partial charge in [-0.2, -0.15) is 0 Å². The van der Waals surface area contributed by atoms with Crippen LogP contribution in [0.15, 0.2) is 30.6 Å². The maximum absolute atomic E-state index is 5.49. The topological polar surface area (TPSA) is 22.1 Å². The van der Waals surface area contributed by atoms with Crippen molar-refractivity contribution in [3.8, 4) is 5.75 Å². The third-order valence-electron chi connectivity index (χ3n) is 2.50. The Bertz CT molecular complexity index is 465. The van der Waals surface area contributed by atoms with Gasteiger partial charge in [0.25, 0.3) is 0 Å². The van der Waals surface area contributed by atoms with E-state index in [9.17, 15) is 0 Å². The molecular weight excluding hydrogens is 162 g/mol. The Labute approximate surface area is 76.2 Å². The Morgan fingerprint density at radius 1 is 1.23 bits per heavy atom. The number of ether oxygens (including phenoxy) is 1. The number of hydrogen-bond acceptors (Lipinski definition) is 2. The fourth-order valence-corrected chi connectivity index (χ4v) is 1.87. The third-order valence-corrected chi connectivity index (χ3v) is 2.50. The van der Waals surface area contributed by atoms with E-state index in [1.165, 1.54) is 16.3 Å². The third kappa shape index (κ3) is 0.917. The molecule has 2 heterocycles. The van der Waals surface area contributed by atoms with Crippen molar-refractivity contribution in [3.05, 3.63) is 36.2 Å². The van der Waals surface area contributed by atoms with Gasteiger partial charge in [0, 0.05) is 29.8 Å². The summed E-state index contributed by atoms with van der Waals surface area (Å²) in [6.45, 7) is 0.816. The van der Waals surface area contributed by atoms with E-state index in [0.29, 0.717) is 0 Å². The summed E-state index contributed by atoms with van der Waals surface area (Å²) in [5.41, 5.74) is 1.33. The number of nitrogens with zero attached hydrogens (tertiary/aromatic N) is 1. The fourth-order valence-electron chi connectivity index (χ4n) is 1.87. The first-order chi connectivity index (χ1) is 6.45. The summed E-state index contributed by atoms with van der Waals surface area (Å²) < 4.78 is 5.49. The molecule has 0 atom stereocenters. The average molecular weight is 171 g/mol. The van der Waals surface area contributed by atoms with Crippen molar-refractivity contribution in [1.82, 2.24) is 4.98 Å². The molecule has 0 radical (unpaired) electrons. The molecule has 0 saturated carbocycles. The van der Waals surface area contributed by atoms with Gasteiger partial charge < -0.3 is 4.74 Å². The molecule has 64 valence electrons. The summed E-state index contributed by atoms with van der Waals surface area (Å²) in [6.07, 6.45) is 4.76. The molecule has 2 nitrogen and oxygen atoms in total. The zero-order chi connectivity index (χ0) is 8.67. The maximum Gasteiger partial charge on any atom is 0.123 e. The Hall–Kier alpha value is -1.57. The van der Waals surface area contributed by atoms with Gasteiger partial charge in [0.2, 0.25) is 0 Å². The molecular formula is C11H9NO. The molecule has 0 N–H and O–H groups in total. The van der Waals surface area contributed by atoms with Crippen molar-refractivity contribution >= 4 is 10.8 Å². The molecule has 0 spiro atoms. The summed E-state index contributed by atoms with van der Waals surface area (Å²) in [7, 11) is 0. The van der Waals surface area contributed by atoms with Crippen LogP contribution >= 0.6 is 0 Å². The number of aromatic nitrogens is 1. The van der Waals surface area contributed by atoms with Crippen molar-refractivity contribution < 1.29 is 4.74 Å².